The fourth-order valence-corrected chi connectivity index (χ4v) is 3.75. The molecule has 1 unspecified atom stereocenters. The fourth-order valence-electron chi connectivity index (χ4n) is 3.75. The highest BCUT2D eigenvalue weighted by molar-refractivity contribution is 5.75. The summed E-state index contributed by atoms with van der Waals surface area (Å²) in [7, 11) is 0. The van der Waals surface area contributed by atoms with E-state index in [9.17, 15) is 9.59 Å². The van der Waals surface area contributed by atoms with Gasteiger partial charge in [0.2, 0.25) is 0 Å². The van der Waals surface area contributed by atoms with Gasteiger partial charge in [0.1, 0.15) is 6.10 Å². The average molecular weight is 360 g/mol. The molecular formula is C20H28N2O4. The number of aryl methyl sites for hydroxylation is 1. The van der Waals surface area contributed by atoms with Crippen LogP contribution in [0, 0.1) is 5.92 Å². The van der Waals surface area contributed by atoms with Gasteiger partial charge in [0.05, 0.1) is 19.1 Å². The van der Waals surface area contributed by atoms with E-state index in [1.54, 1.807) is 0 Å². The lowest BCUT2D eigenvalue weighted by Crippen LogP contribution is -2.50. The van der Waals surface area contributed by atoms with Gasteiger partial charge in [-0.1, -0.05) is 31.2 Å². The zero-order valence-corrected chi connectivity index (χ0v) is 15.3. The van der Waals surface area contributed by atoms with Gasteiger partial charge in [-0.3, -0.25) is 4.79 Å². The molecular weight excluding hydrogens is 332 g/mol. The third-order valence-electron chi connectivity index (χ3n) is 5.52. The molecule has 2 N–H and O–H groups in total. The van der Waals surface area contributed by atoms with Crippen molar-refractivity contribution >= 4 is 12.0 Å². The van der Waals surface area contributed by atoms with Crippen molar-refractivity contribution in [2.24, 2.45) is 5.92 Å². The molecule has 6 heteroatoms. The first-order valence-corrected chi connectivity index (χ1v) is 9.55. The van der Waals surface area contributed by atoms with Crippen LogP contribution in [0.2, 0.25) is 0 Å². The number of ether oxygens (including phenoxy) is 1. The molecule has 2 amide bonds. The summed E-state index contributed by atoms with van der Waals surface area (Å²) in [5, 5.41) is 12.1. The smallest absolute Gasteiger partial charge is 0.317 e. The monoisotopic (exact) mass is 360 g/mol. The minimum atomic E-state index is -0.722. The van der Waals surface area contributed by atoms with Gasteiger partial charge < -0.3 is 20.1 Å². The Balaban J connectivity index is 1.52. The number of carbonyl (C=O) groups is 2. The van der Waals surface area contributed by atoms with Gasteiger partial charge in [-0.15, -0.1) is 0 Å². The molecule has 1 saturated carbocycles. The molecule has 26 heavy (non-hydrogen) atoms. The van der Waals surface area contributed by atoms with E-state index in [0.29, 0.717) is 32.5 Å². The highest BCUT2D eigenvalue weighted by atomic mass is 16.5. The maximum Gasteiger partial charge on any atom is 0.317 e. The van der Waals surface area contributed by atoms with Crippen LogP contribution in [0.25, 0.3) is 0 Å². The Morgan fingerprint density at radius 2 is 1.88 bits per heavy atom. The Hall–Kier alpha value is -2.08. The Morgan fingerprint density at radius 3 is 2.50 bits per heavy atom. The van der Waals surface area contributed by atoms with Crippen LogP contribution >= 0.6 is 0 Å². The number of carbonyl (C=O) groups excluding carboxylic acids is 1. The molecule has 142 valence electrons. The van der Waals surface area contributed by atoms with E-state index >= 15 is 0 Å². The topological polar surface area (TPSA) is 78.9 Å². The molecule has 0 radical (unpaired) electrons. The number of morpholine rings is 1. The molecule has 1 aliphatic heterocycles. The molecule has 1 atom stereocenters. The number of aliphatic carboxylic acids is 1. The van der Waals surface area contributed by atoms with Crippen molar-refractivity contribution in [3.05, 3.63) is 35.4 Å². The highest BCUT2D eigenvalue weighted by Crippen LogP contribution is 2.26. The summed E-state index contributed by atoms with van der Waals surface area (Å²) in [5.74, 6) is -0.984. The van der Waals surface area contributed by atoms with E-state index in [4.69, 9.17) is 9.84 Å². The zero-order chi connectivity index (χ0) is 18.5. The van der Waals surface area contributed by atoms with Gasteiger partial charge >= 0.3 is 12.0 Å². The molecule has 1 heterocycles. The Kier molecular flexibility index (Phi) is 6.14. The molecule has 0 bridgehead atoms. The van der Waals surface area contributed by atoms with Gasteiger partial charge in [-0.05, 0) is 43.2 Å². The average Bonchev–Trinajstić information content (AvgIpc) is 2.68. The molecule has 0 spiro atoms. The number of hydrogen-bond donors (Lipinski definition) is 2. The van der Waals surface area contributed by atoms with Crippen LogP contribution in [0.4, 0.5) is 4.79 Å². The van der Waals surface area contributed by atoms with Crippen LogP contribution in [0.5, 0.6) is 0 Å². The number of carboxylic acid groups (broad SMARTS) is 1. The second-order valence-electron chi connectivity index (χ2n) is 7.24. The lowest BCUT2D eigenvalue weighted by molar-refractivity contribution is -0.142. The fraction of sp³-hybridized carbons (Fsp3) is 0.600. The first-order valence-electron chi connectivity index (χ1n) is 9.55. The van der Waals surface area contributed by atoms with Crippen LogP contribution in [-0.2, 0) is 16.0 Å². The Bertz CT molecular complexity index is 623. The second kappa shape index (κ2) is 8.54. The Morgan fingerprint density at radius 1 is 1.19 bits per heavy atom. The van der Waals surface area contributed by atoms with E-state index in [2.05, 4.69) is 36.5 Å². The van der Waals surface area contributed by atoms with Gasteiger partial charge in [-0.25, -0.2) is 4.79 Å². The number of carboxylic acids is 1. The van der Waals surface area contributed by atoms with Crippen LogP contribution in [0.3, 0.4) is 0 Å². The van der Waals surface area contributed by atoms with Crippen molar-refractivity contribution in [1.82, 2.24) is 10.2 Å². The standard InChI is InChI=1S/C20H28N2O4/c1-2-14-3-5-15(6-4-14)18-13-22(11-12-26-18)20(25)21-17-9-7-16(8-10-17)19(23)24/h3-6,16-18H,2,7-13H2,1H3,(H,21,25)(H,23,24). The third kappa shape index (κ3) is 4.55. The number of hydrogen-bond acceptors (Lipinski definition) is 3. The van der Waals surface area contributed by atoms with Crippen LogP contribution in [0.1, 0.15) is 49.8 Å². The van der Waals surface area contributed by atoms with Gasteiger partial charge in [0.25, 0.3) is 0 Å². The number of benzene rings is 1. The second-order valence-corrected chi connectivity index (χ2v) is 7.24. The number of nitrogens with zero attached hydrogens (tertiary/aromatic N) is 1. The molecule has 1 aliphatic carbocycles. The summed E-state index contributed by atoms with van der Waals surface area (Å²) in [5.41, 5.74) is 2.39. The summed E-state index contributed by atoms with van der Waals surface area (Å²) in [4.78, 5) is 25.4. The number of nitrogens with one attached hydrogen (secondary N) is 1. The molecule has 1 aromatic carbocycles. The largest absolute Gasteiger partial charge is 0.481 e. The van der Waals surface area contributed by atoms with Gasteiger partial charge in [0, 0.05) is 12.6 Å². The normalized spacial score (nSPS) is 26.3. The first kappa shape index (κ1) is 18.7. The maximum atomic E-state index is 12.6. The van der Waals surface area contributed by atoms with Crippen molar-refractivity contribution < 1.29 is 19.4 Å². The summed E-state index contributed by atoms with van der Waals surface area (Å²) >= 11 is 0. The third-order valence-corrected chi connectivity index (χ3v) is 5.52. The minimum absolute atomic E-state index is 0.0674. The van der Waals surface area contributed by atoms with Crippen LogP contribution in [0.15, 0.2) is 24.3 Å². The van der Waals surface area contributed by atoms with Crippen molar-refractivity contribution in [2.45, 2.75) is 51.2 Å². The number of urea groups is 1. The highest BCUT2D eigenvalue weighted by Gasteiger charge is 2.30. The lowest BCUT2D eigenvalue weighted by Gasteiger charge is -2.35. The molecule has 6 nitrogen and oxygen atoms in total. The van der Waals surface area contributed by atoms with E-state index in [1.807, 2.05) is 4.90 Å². The van der Waals surface area contributed by atoms with Gasteiger partial charge in [0.15, 0.2) is 0 Å². The summed E-state index contributed by atoms with van der Waals surface area (Å²) in [6, 6.07) is 8.39. The van der Waals surface area contributed by atoms with E-state index < -0.39 is 5.97 Å². The lowest BCUT2D eigenvalue weighted by atomic mass is 9.86. The summed E-state index contributed by atoms with van der Waals surface area (Å²) in [6.45, 7) is 3.78. The molecule has 3 rings (SSSR count). The van der Waals surface area contributed by atoms with Crippen molar-refractivity contribution in [3.63, 3.8) is 0 Å². The quantitative estimate of drug-likeness (QED) is 0.865. The molecule has 0 aromatic heterocycles. The Labute approximate surface area is 154 Å². The van der Waals surface area contributed by atoms with E-state index in [0.717, 1.165) is 24.8 Å². The van der Waals surface area contributed by atoms with Gasteiger partial charge in [-0.2, -0.15) is 0 Å². The number of rotatable bonds is 4. The number of amides is 2. The van der Waals surface area contributed by atoms with Crippen molar-refractivity contribution in [2.75, 3.05) is 19.7 Å². The van der Waals surface area contributed by atoms with E-state index in [-0.39, 0.29) is 24.1 Å². The first-order chi connectivity index (χ1) is 12.6. The molecule has 1 aromatic rings. The molecule has 2 aliphatic rings. The van der Waals surface area contributed by atoms with Crippen LogP contribution in [-0.4, -0.2) is 47.7 Å². The van der Waals surface area contributed by atoms with Crippen molar-refractivity contribution in [1.29, 1.82) is 0 Å². The summed E-state index contributed by atoms with van der Waals surface area (Å²) < 4.78 is 5.86. The SMILES string of the molecule is CCc1ccc(C2CN(C(=O)NC3CCC(C(=O)O)CC3)CCO2)cc1. The maximum absolute atomic E-state index is 12.6. The predicted octanol–water partition coefficient (Wildman–Crippen LogP) is 2.98. The predicted molar refractivity (Wildman–Crippen MR) is 98.0 cm³/mol. The van der Waals surface area contributed by atoms with Crippen molar-refractivity contribution in [3.8, 4) is 0 Å². The zero-order valence-electron chi connectivity index (χ0n) is 15.3. The van der Waals surface area contributed by atoms with Crippen LogP contribution < -0.4 is 5.32 Å². The molecule has 2 fully saturated rings. The molecule has 1 saturated heterocycles. The van der Waals surface area contributed by atoms with E-state index in [1.165, 1.54) is 5.56 Å². The summed E-state index contributed by atoms with van der Waals surface area (Å²) in [6.07, 6.45) is 3.64. The minimum Gasteiger partial charge on any atom is -0.481 e.